The Hall–Kier alpha value is -2.55. The summed E-state index contributed by atoms with van der Waals surface area (Å²) in [5, 5.41) is 26.0. The maximum atomic E-state index is 12.7. The molecule has 1 N–H and O–H groups in total. The fourth-order valence-electron chi connectivity index (χ4n) is 2.10. The Morgan fingerprint density at radius 3 is 2.79 bits per heavy atom. The van der Waals surface area contributed by atoms with E-state index < -0.39 is 5.41 Å². The van der Waals surface area contributed by atoms with E-state index in [0.29, 0.717) is 11.3 Å². The van der Waals surface area contributed by atoms with E-state index in [4.69, 9.17) is 0 Å². The molecule has 0 atom stereocenters. The van der Waals surface area contributed by atoms with Crippen molar-refractivity contribution in [2.45, 2.75) is 26.2 Å². The average Bonchev–Trinajstić information content (AvgIpc) is 2.96. The SMILES string of the molecule is CC(C)(C)c1nn2cnnc2n(/N=C\c2cc(Br)ccc2O)c1=O. The first kappa shape index (κ1) is 16.3. The number of benzene rings is 1. The smallest absolute Gasteiger partial charge is 0.298 e. The van der Waals surface area contributed by atoms with Gasteiger partial charge >= 0.3 is 0 Å². The molecule has 1 aromatic carbocycles. The third-order valence-electron chi connectivity index (χ3n) is 3.32. The Balaban J connectivity index is 2.20. The second-order valence-electron chi connectivity index (χ2n) is 6.24. The van der Waals surface area contributed by atoms with Gasteiger partial charge in [-0.05, 0) is 18.2 Å². The van der Waals surface area contributed by atoms with Crippen LogP contribution in [-0.2, 0) is 5.41 Å². The minimum absolute atomic E-state index is 0.0533. The third kappa shape index (κ3) is 2.94. The van der Waals surface area contributed by atoms with Crippen LogP contribution in [0.4, 0.5) is 0 Å². The number of nitrogens with zero attached hydrogens (tertiary/aromatic N) is 6. The molecule has 3 rings (SSSR count). The summed E-state index contributed by atoms with van der Waals surface area (Å²) in [4.78, 5) is 12.7. The number of hydrogen-bond donors (Lipinski definition) is 1. The number of aromatic nitrogens is 5. The van der Waals surface area contributed by atoms with Gasteiger partial charge < -0.3 is 5.11 Å². The summed E-state index contributed by atoms with van der Waals surface area (Å²) in [5.74, 6) is 0.247. The molecular weight excluding hydrogens is 376 g/mol. The molecule has 0 spiro atoms. The van der Waals surface area contributed by atoms with Crippen molar-refractivity contribution in [2.75, 3.05) is 0 Å². The van der Waals surface area contributed by atoms with Crippen LogP contribution in [-0.4, -0.2) is 35.8 Å². The summed E-state index contributed by atoms with van der Waals surface area (Å²) in [6.45, 7) is 5.67. The molecule has 2 heterocycles. The summed E-state index contributed by atoms with van der Waals surface area (Å²) >= 11 is 3.33. The quantitative estimate of drug-likeness (QED) is 0.674. The molecule has 0 fully saturated rings. The molecule has 0 saturated heterocycles. The van der Waals surface area contributed by atoms with E-state index in [1.54, 1.807) is 12.1 Å². The second kappa shape index (κ2) is 5.82. The van der Waals surface area contributed by atoms with Gasteiger partial charge in [0.25, 0.3) is 11.3 Å². The van der Waals surface area contributed by atoms with Crippen LogP contribution in [0.5, 0.6) is 5.75 Å². The van der Waals surface area contributed by atoms with E-state index in [1.165, 1.54) is 23.1 Å². The minimum Gasteiger partial charge on any atom is -0.507 e. The maximum Gasteiger partial charge on any atom is 0.298 e. The number of halogens is 1. The predicted molar refractivity (Wildman–Crippen MR) is 92.5 cm³/mol. The summed E-state index contributed by atoms with van der Waals surface area (Å²) in [6.07, 6.45) is 2.80. The largest absolute Gasteiger partial charge is 0.507 e. The summed E-state index contributed by atoms with van der Waals surface area (Å²) < 4.78 is 3.31. The maximum absolute atomic E-state index is 12.7. The second-order valence-corrected chi connectivity index (χ2v) is 7.15. The molecule has 0 aliphatic carbocycles. The Bertz CT molecular complexity index is 999. The Kier molecular flexibility index (Phi) is 3.96. The van der Waals surface area contributed by atoms with E-state index in [0.717, 1.165) is 9.15 Å². The standard InChI is InChI=1S/C15H15BrN6O2/c1-15(2,3)12-13(24)22(14-19-17-8-21(14)20-12)18-7-9-6-10(16)4-5-11(9)23/h4-8,23H,1-3H3/b18-7-. The van der Waals surface area contributed by atoms with Gasteiger partial charge in [-0.1, -0.05) is 36.7 Å². The van der Waals surface area contributed by atoms with Crippen LogP contribution in [0.15, 0.2) is 38.9 Å². The van der Waals surface area contributed by atoms with Gasteiger partial charge in [0.05, 0.1) is 6.21 Å². The zero-order valence-corrected chi connectivity index (χ0v) is 14.9. The van der Waals surface area contributed by atoms with E-state index in [1.807, 2.05) is 20.8 Å². The number of phenolic OH excluding ortho intramolecular Hbond substituents is 1. The lowest BCUT2D eigenvalue weighted by Gasteiger charge is -2.16. The molecule has 0 aliphatic rings. The van der Waals surface area contributed by atoms with Crippen molar-refractivity contribution in [3.05, 3.63) is 50.6 Å². The molecule has 0 radical (unpaired) electrons. The lowest BCUT2D eigenvalue weighted by atomic mass is 9.93. The van der Waals surface area contributed by atoms with Gasteiger partial charge in [-0.25, -0.2) is 0 Å². The zero-order valence-electron chi connectivity index (χ0n) is 13.3. The molecule has 8 nitrogen and oxygen atoms in total. The summed E-state index contributed by atoms with van der Waals surface area (Å²) in [7, 11) is 0. The van der Waals surface area contributed by atoms with Gasteiger partial charge in [0.15, 0.2) is 0 Å². The van der Waals surface area contributed by atoms with Gasteiger partial charge in [-0.3, -0.25) is 4.79 Å². The van der Waals surface area contributed by atoms with Crippen LogP contribution >= 0.6 is 15.9 Å². The topological polar surface area (TPSA) is 97.7 Å². The van der Waals surface area contributed by atoms with Crippen LogP contribution in [0.25, 0.3) is 5.78 Å². The molecule has 9 heteroatoms. The highest BCUT2D eigenvalue weighted by Crippen LogP contribution is 2.20. The number of aromatic hydroxyl groups is 1. The molecule has 2 aromatic heterocycles. The van der Waals surface area contributed by atoms with Crippen LogP contribution in [0.1, 0.15) is 32.0 Å². The van der Waals surface area contributed by atoms with E-state index in [2.05, 4.69) is 36.3 Å². The van der Waals surface area contributed by atoms with Gasteiger partial charge in [0.2, 0.25) is 0 Å². The Morgan fingerprint density at radius 1 is 1.33 bits per heavy atom. The summed E-state index contributed by atoms with van der Waals surface area (Å²) in [5.41, 5.74) is -0.0488. The first-order chi connectivity index (χ1) is 11.3. The van der Waals surface area contributed by atoms with Crippen LogP contribution in [0, 0.1) is 0 Å². The lowest BCUT2D eigenvalue weighted by Crippen LogP contribution is -2.33. The van der Waals surface area contributed by atoms with Crippen molar-refractivity contribution in [2.24, 2.45) is 5.10 Å². The summed E-state index contributed by atoms with van der Waals surface area (Å²) in [6, 6.07) is 4.93. The van der Waals surface area contributed by atoms with Crippen molar-refractivity contribution in [1.82, 2.24) is 24.5 Å². The lowest BCUT2D eigenvalue weighted by molar-refractivity contribution is 0.474. The molecule has 0 bridgehead atoms. The van der Waals surface area contributed by atoms with Crippen LogP contribution in [0.2, 0.25) is 0 Å². The predicted octanol–water partition coefficient (Wildman–Crippen LogP) is 1.93. The van der Waals surface area contributed by atoms with Gasteiger partial charge in [0.1, 0.15) is 17.8 Å². The van der Waals surface area contributed by atoms with Crippen LogP contribution in [0.3, 0.4) is 0 Å². The fraction of sp³-hybridized carbons (Fsp3) is 0.267. The molecule has 24 heavy (non-hydrogen) atoms. The number of hydrogen-bond acceptors (Lipinski definition) is 6. The molecule has 0 saturated carbocycles. The Labute approximate surface area is 145 Å². The van der Waals surface area contributed by atoms with Gasteiger partial charge in [-0.15, -0.1) is 10.2 Å². The average molecular weight is 391 g/mol. The van der Waals surface area contributed by atoms with E-state index in [-0.39, 0.29) is 17.1 Å². The van der Waals surface area contributed by atoms with Gasteiger partial charge in [0, 0.05) is 15.5 Å². The highest BCUT2D eigenvalue weighted by molar-refractivity contribution is 9.10. The normalized spacial score (nSPS) is 12.3. The number of phenols is 1. The first-order valence-electron chi connectivity index (χ1n) is 7.14. The van der Waals surface area contributed by atoms with Crippen molar-refractivity contribution in [1.29, 1.82) is 0 Å². The van der Waals surface area contributed by atoms with Crippen LogP contribution < -0.4 is 5.56 Å². The minimum atomic E-state index is -0.468. The number of rotatable bonds is 2. The Morgan fingerprint density at radius 2 is 2.08 bits per heavy atom. The highest BCUT2D eigenvalue weighted by Gasteiger charge is 2.23. The third-order valence-corrected chi connectivity index (χ3v) is 3.81. The molecular formula is C15H15BrN6O2. The van der Waals surface area contributed by atoms with Crippen molar-refractivity contribution in [3.63, 3.8) is 0 Å². The highest BCUT2D eigenvalue weighted by atomic mass is 79.9. The zero-order chi connectivity index (χ0) is 17.5. The number of fused-ring (bicyclic) bond motifs is 1. The fourth-order valence-corrected chi connectivity index (χ4v) is 2.48. The van der Waals surface area contributed by atoms with E-state index in [9.17, 15) is 9.90 Å². The monoisotopic (exact) mass is 390 g/mol. The van der Waals surface area contributed by atoms with Crippen molar-refractivity contribution < 1.29 is 5.11 Å². The molecule has 0 amide bonds. The van der Waals surface area contributed by atoms with E-state index >= 15 is 0 Å². The molecule has 0 aliphatic heterocycles. The van der Waals surface area contributed by atoms with Crippen molar-refractivity contribution >= 4 is 27.9 Å². The van der Waals surface area contributed by atoms with Gasteiger partial charge in [-0.2, -0.15) is 19.4 Å². The van der Waals surface area contributed by atoms with Crippen molar-refractivity contribution in [3.8, 4) is 5.75 Å². The molecule has 0 unspecified atom stereocenters. The molecule has 3 aromatic rings. The first-order valence-corrected chi connectivity index (χ1v) is 7.93. The molecule has 124 valence electrons.